The Hall–Kier alpha value is -0.260. The highest BCUT2D eigenvalue weighted by Crippen LogP contribution is 2.18. The van der Waals surface area contributed by atoms with Gasteiger partial charge in [-0.3, -0.25) is 9.69 Å². The molecule has 5 heteroatoms. The van der Waals surface area contributed by atoms with Crippen molar-refractivity contribution in [2.45, 2.75) is 32.7 Å². The van der Waals surface area contributed by atoms with Crippen LogP contribution < -0.4 is 0 Å². The zero-order valence-corrected chi connectivity index (χ0v) is 12.2. The lowest BCUT2D eigenvalue weighted by atomic mass is 10.1. The molecule has 1 aliphatic heterocycles. The molecule has 1 fully saturated rings. The van der Waals surface area contributed by atoms with E-state index in [0.29, 0.717) is 12.5 Å². The number of ether oxygens (including phenoxy) is 1. The highest BCUT2D eigenvalue weighted by molar-refractivity contribution is 7.99. The summed E-state index contributed by atoms with van der Waals surface area (Å²) in [6, 6.07) is 0.176. The number of thioether (sulfide) groups is 1. The van der Waals surface area contributed by atoms with Crippen LogP contribution in [0.1, 0.15) is 26.7 Å². The van der Waals surface area contributed by atoms with Gasteiger partial charge in [0.05, 0.1) is 13.0 Å². The van der Waals surface area contributed by atoms with Crippen LogP contribution >= 0.6 is 11.8 Å². The molecule has 0 aliphatic carbocycles. The zero-order valence-electron chi connectivity index (χ0n) is 11.4. The fourth-order valence-electron chi connectivity index (χ4n) is 1.98. The predicted molar refractivity (Wildman–Crippen MR) is 75.2 cm³/mol. The summed E-state index contributed by atoms with van der Waals surface area (Å²) in [5.74, 6) is 2.00. The molecule has 0 aromatic rings. The van der Waals surface area contributed by atoms with Gasteiger partial charge in [-0.15, -0.1) is 0 Å². The van der Waals surface area contributed by atoms with Crippen molar-refractivity contribution in [1.29, 1.82) is 0 Å². The van der Waals surface area contributed by atoms with Gasteiger partial charge in [0.2, 0.25) is 0 Å². The van der Waals surface area contributed by atoms with Crippen LogP contribution in [-0.4, -0.2) is 59.8 Å². The third-order valence-corrected chi connectivity index (χ3v) is 4.21. The van der Waals surface area contributed by atoms with Gasteiger partial charge in [-0.25, -0.2) is 0 Å². The van der Waals surface area contributed by atoms with Crippen LogP contribution in [0.15, 0.2) is 0 Å². The first-order valence-electron chi connectivity index (χ1n) is 6.71. The maximum atomic E-state index is 10.8. The molecule has 1 heterocycles. The average Bonchev–Trinajstić information content (AvgIpc) is 2.29. The number of carbonyl (C=O) groups is 1. The normalized spacial score (nSPS) is 21.4. The molecule has 106 valence electrons. The number of hydrogen-bond donors (Lipinski definition) is 1. The summed E-state index contributed by atoms with van der Waals surface area (Å²) in [5, 5.41) is 8.89. The third kappa shape index (κ3) is 6.61. The smallest absolute Gasteiger partial charge is 0.304 e. The maximum Gasteiger partial charge on any atom is 0.304 e. The molecule has 0 aromatic heterocycles. The summed E-state index contributed by atoms with van der Waals surface area (Å²) in [5.41, 5.74) is 0. The van der Waals surface area contributed by atoms with Crippen molar-refractivity contribution in [2.75, 3.05) is 37.8 Å². The summed E-state index contributed by atoms with van der Waals surface area (Å²) in [7, 11) is 0. The molecule has 1 aliphatic rings. The van der Waals surface area contributed by atoms with Gasteiger partial charge in [-0.2, -0.15) is 11.8 Å². The number of nitrogens with zero attached hydrogens (tertiary/aromatic N) is 1. The minimum absolute atomic E-state index is 0.176. The van der Waals surface area contributed by atoms with Crippen LogP contribution in [0.2, 0.25) is 0 Å². The van der Waals surface area contributed by atoms with Crippen LogP contribution in [0.3, 0.4) is 0 Å². The summed E-state index contributed by atoms with van der Waals surface area (Å²) < 4.78 is 5.60. The highest BCUT2D eigenvalue weighted by Gasteiger charge is 2.24. The molecule has 1 rings (SSSR count). The van der Waals surface area contributed by atoms with E-state index in [2.05, 4.69) is 18.7 Å². The topological polar surface area (TPSA) is 49.8 Å². The Balaban J connectivity index is 2.18. The van der Waals surface area contributed by atoms with Gasteiger partial charge >= 0.3 is 5.97 Å². The van der Waals surface area contributed by atoms with E-state index in [0.717, 1.165) is 37.6 Å². The Labute approximate surface area is 114 Å². The van der Waals surface area contributed by atoms with Gasteiger partial charge in [0.1, 0.15) is 0 Å². The van der Waals surface area contributed by atoms with E-state index < -0.39 is 5.97 Å². The third-order valence-electron chi connectivity index (χ3n) is 3.12. The predicted octanol–water partition coefficient (Wildman–Crippen LogP) is 1.94. The minimum atomic E-state index is -0.701. The minimum Gasteiger partial charge on any atom is -0.481 e. The van der Waals surface area contributed by atoms with E-state index in [-0.39, 0.29) is 12.5 Å². The summed E-state index contributed by atoms with van der Waals surface area (Å²) in [6.45, 7) is 7.74. The first kappa shape index (κ1) is 15.8. The summed E-state index contributed by atoms with van der Waals surface area (Å²) in [4.78, 5) is 13.1. The first-order valence-corrected chi connectivity index (χ1v) is 7.86. The van der Waals surface area contributed by atoms with Gasteiger partial charge in [0.15, 0.2) is 0 Å². The molecule has 1 N–H and O–H groups in total. The van der Waals surface area contributed by atoms with E-state index in [1.807, 2.05) is 11.8 Å². The van der Waals surface area contributed by atoms with Crippen molar-refractivity contribution < 1.29 is 14.6 Å². The molecule has 4 nitrogen and oxygen atoms in total. The fraction of sp³-hybridized carbons (Fsp3) is 0.923. The fourth-order valence-corrected chi connectivity index (χ4v) is 3.11. The van der Waals surface area contributed by atoms with Crippen molar-refractivity contribution in [1.82, 2.24) is 4.90 Å². The second kappa shape index (κ2) is 8.77. The van der Waals surface area contributed by atoms with Crippen molar-refractivity contribution in [3.8, 4) is 0 Å². The van der Waals surface area contributed by atoms with Gasteiger partial charge < -0.3 is 9.84 Å². The van der Waals surface area contributed by atoms with E-state index in [1.165, 1.54) is 0 Å². The molecular weight excluding hydrogens is 250 g/mol. The lowest BCUT2D eigenvalue weighted by Crippen LogP contribution is -2.45. The largest absolute Gasteiger partial charge is 0.481 e. The Bertz CT molecular complexity index is 248. The molecule has 0 bridgehead atoms. The van der Waals surface area contributed by atoms with Crippen LogP contribution in [0.5, 0.6) is 0 Å². The number of carboxylic acid groups (broad SMARTS) is 1. The van der Waals surface area contributed by atoms with Crippen LogP contribution in [-0.2, 0) is 9.53 Å². The van der Waals surface area contributed by atoms with E-state index in [9.17, 15) is 4.79 Å². The van der Waals surface area contributed by atoms with Crippen molar-refractivity contribution >= 4 is 17.7 Å². The second-order valence-electron chi connectivity index (χ2n) is 5.16. The molecule has 0 saturated carbocycles. The molecular formula is C13H25NO3S. The van der Waals surface area contributed by atoms with Crippen molar-refractivity contribution in [3.05, 3.63) is 0 Å². The Morgan fingerprint density at radius 2 is 2.28 bits per heavy atom. The number of rotatable bonds is 8. The zero-order chi connectivity index (χ0) is 13.4. The second-order valence-corrected chi connectivity index (χ2v) is 6.31. The van der Waals surface area contributed by atoms with Gasteiger partial charge in [-0.1, -0.05) is 13.8 Å². The lowest BCUT2D eigenvalue weighted by Gasteiger charge is -2.34. The van der Waals surface area contributed by atoms with E-state index >= 15 is 0 Å². The van der Waals surface area contributed by atoms with Crippen LogP contribution in [0.4, 0.5) is 0 Å². The van der Waals surface area contributed by atoms with Crippen molar-refractivity contribution in [3.63, 3.8) is 0 Å². The molecule has 1 unspecified atom stereocenters. The molecule has 0 aromatic carbocycles. The lowest BCUT2D eigenvalue weighted by molar-refractivity contribution is -0.138. The maximum absolute atomic E-state index is 10.8. The quantitative estimate of drug-likeness (QED) is 0.686. The monoisotopic (exact) mass is 275 g/mol. The molecule has 0 radical (unpaired) electrons. The van der Waals surface area contributed by atoms with Crippen molar-refractivity contribution in [2.24, 2.45) is 5.92 Å². The number of aliphatic carboxylic acids is 1. The first-order chi connectivity index (χ1) is 8.59. The van der Waals surface area contributed by atoms with Gasteiger partial charge in [0.25, 0.3) is 0 Å². The molecule has 1 atom stereocenters. The Morgan fingerprint density at radius 3 is 2.94 bits per heavy atom. The number of carboxylic acids is 1. The standard InChI is InChI=1S/C13H25NO3S/c1-11(2)3-6-17-7-4-14-5-8-18-10-12(14)9-13(15)16/h11-12H,3-10H2,1-2H3,(H,15,16). The Kier molecular flexibility index (Phi) is 7.70. The Morgan fingerprint density at radius 1 is 1.50 bits per heavy atom. The van der Waals surface area contributed by atoms with E-state index in [4.69, 9.17) is 9.84 Å². The number of hydrogen-bond acceptors (Lipinski definition) is 4. The molecule has 1 saturated heterocycles. The summed E-state index contributed by atoms with van der Waals surface area (Å²) in [6.07, 6.45) is 1.34. The molecule has 0 amide bonds. The van der Waals surface area contributed by atoms with Gasteiger partial charge in [0, 0.05) is 37.2 Å². The molecule has 18 heavy (non-hydrogen) atoms. The van der Waals surface area contributed by atoms with Crippen LogP contribution in [0.25, 0.3) is 0 Å². The highest BCUT2D eigenvalue weighted by atomic mass is 32.2. The van der Waals surface area contributed by atoms with Crippen LogP contribution in [0, 0.1) is 5.92 Å². The van der Waals surface area contributed by atoms with E-state index in [1.54, 1.807) is 0 Å². The SMILES string of the molecule is CC(C)CCOCCN1CCSCC1CC(=O)O. The van der Waals surface area contributed by atoms with Gasteiger partial charge in [-0.05, 0) is 12.3 Å². The average molecular weight is 275 g/mol. The molecule has 0 spiro atoms. The summed E-state index contributed by atoms with van der Waals surface area (Å²) >= 11 is 1.85.